The first-order chi connectivity index (χ1) is 12.1. The van der Waals surface area contributed by atoms with Gasteiger partial charge in [0.05, 0.1) is 17.7 Å². The second kappa shape index (κ2) is 7.63. The van der Waals surface area contributed by atoms with Gasteiger partial charge in [0.2, 0.25) is 5.91 Å². The van der Waals surface area contributed by atoms with Crippen molar-refractivity contribution in [3.63, 3.8) is 0 Å². The first-order valence-electron chi connectivity index (χ1n) is 7.70. The van der Waals surface area contributed by atoms with Crippen molar-refractivity contribution >= 4 is 32.7 Å². The van der Waals surface area contributed by atoms with Crippen molar-refractivity contribution in [3.8, 4) is 16.9 Å². The highest BCUT2D eigenvalue weighted by Crippen LogP contribution is 2.36. The number of amides is 1. The SMILES string of the molecule is COCCOc1cc(Br)c(-c2ccc3cccnc3c2)c(C(N)=O)c1. The van der Waals surface area contributed by atoms with E-state index in [2.05, 4.69) is 20.9 Å². The highest BCUT2D eigenvalue weighted by molar-refractivity contribution is 9.10. The van der Waals surface area contributed by atoms with Crippen LogP contribution in [0.25, 0.3) is 22.0 Å². The lowest BCUT2D eigenvalue weighted by molar-refractivity contribution is 0.1000. The average Bonchev–Trinajstić information content (AvgIpc) is 2.61. The topological polar surface area (TPSA) is 74.4 Å². The minimum absolute atomic E-state index is 0.386. The number of fused-ring (bicyclic) bond motifs is 1. The van der Waals surface area contributed by atoms with Gasteiger partial charge >= 0.3 is 0 Å². The maximum absolute atomic E-state index is 12.0. The summed E-state index contributed by atoms with van der Waals surface area (Å²) < 4.78 is 11.3. The summed E-state index contributed by atoms with van der Waals surface area (Å²) in [6.07, 6.45) is 1.74. The van der Waals surface area contributed by atoms with E-state index in [9.17, 15) is 4.79 Å². The molecule has 1 heterocycles. The third-order valence-electron chi connectivity index (χ3n) is 3.78. The molecule has 0 aliphatic carbocycles. The zero-order valence-electron chi connectivity index (χ0n) is 13.7. The van der Waals surface area contributed by atoms with Gasteiger partial charge in [-0.05, 0) is 45.8 Å². The molecule has 0 atom stereocenters. The molecular weight excluding hydrogens is 384 g/mol. The normalized spacial score (nSPS) is 10.8. The van der Waals surface area contributed by atoms with Gasteiger partial charge in [0.25, 0.3) is 0 Å². The third-order valence-corrected chi connectivity index (χ3v) is 4.41. The Morgan fingerprint density at radius 1 is 1.20 bits per heavy atom. The van der Waals surface area contributed by atoms with Crippen LogP contribution in [0.2, 0.25) is 0 Å². The number of halogens is 1. The minimum atomic E-state index is -0.519. The summed E-state index contributed by atoms with van der Waals surface area (Å²) in [6.45, 7) is 0.849. The van der Waals surface area contributed by atoms with Crippen molar-refractivity contribution in [2.45, 2.75) is 0 Å². The Kier molecular flexibility index (Phi) is 5.31. The lowest BCUT2D eigenvalue weighted by atomic mass is 9.97. The van der Waals surface area contributed by atoms with Crippen molar-refractivity contribution in [3.05, 3.63) is 58.7 Å². The van der Waals surface area contributed by atoms with E-state index in [1.807, 2.05) is 36.4 Å². The molecule has 0 radical (unpaired) electrons. The summed E-state index contributed by atoms with van der Waals surface area (Å²) in [4.78, 5) is 16.4. The summed E-state index contributed by atoms with van der Waals surface area (Å²) in [6, 6.07) is 13.2. The van der Waals surface area contributed by atoms with Gasteiger partial charge in [0, 0.05) is 28.7 Å². The second-order valence-corrected chi connectivity index (χ2v) is 6.30. The van der Waals surface area contributed by atoms with Crippen LogP contribution in [0, 0.1) is 0 Å². The molecule has 1 amide bonds. The van der Waals surface area contributed by atoms with Crippen LogP contribution in [-0.4, -0.2) is 31.2 Å². The van der Waals surface area contributed by atoms with E-state index in [0.717, 1.165) is 26.5 Å². The van der Waals surface area contributed by atoms with Gasteiger partial charge in [-0.2, -0.15) is 0 Å². The Hall–Kier alpha value is -2.44. The average molecular weight is 401 g/mol. The predicted molar refractivity (Wildman–Crippen MR) is 101 cm³/mol. The van der Waals surface area contributed by atoms with Gasteiger partial charge in [0.1, 0.15) is 12.4 Å². The lowest BCUT2D eigenvalue weighted by Crippen LogP contribution is -2.13. The number of nitrogens with zero attached hydrogens (tertiary/aromatic N) is 1. The number of benzene rings is 2. The summed E-state index contributed by atoms with van der Waals surface area (Å²) in [5, 5.41) is 1.03. The number of hydrogen-bond acceptors (Lipinski definition) is 4. The quantitative estimate of drug-likeness (QED) is 0.638. The van der Waals surface area contributed by atoms with E-state index in [0.29, 0.717) is 24.5 Å². The maximum Gasteiger partial charge on any atom is 0.249 e. The van der Waals surface area contributed by atoms with Crippen molar-refractivity contribution in [1.82, 2.24) is 4.98 Å². The van der Waals surface area contributed by atoms with Crippen LogP contribution in [0.5, 0.6) is 5.75 Å². The molecule has 3 aromatic rings. The molecule has 25 heavy (non-hydrogen) atoms. The van der Waals surface area contributed by atoms with Crippen molar-refractivity contribution in [1.29, 1.82) is 0 Å². The Labute approximate surface area is 153 Å². The van der Waals surface area contributed by atoms with Gasteiger partial charge < -0.3 is 15.2 Å². The molecule has 5 nitrogen and oxygen atoms in total. The van der Waals surface area contributed by atoms with E-state index < -0.39 is 5.91 Å². The number of primary amides is 1. The zero-order chi connectivity index (χ0) is 17.8. The summed E-state index contributed by atoms with van der Waals surface area (Å²) >= 11 is 3.54. The van der Waals surface area contributed by atoms with Crippen LogP contribution >= 0.6 is 15.9 Å². The van der Waals surface area contributed by atoms with Gasteiger partial charge in [0.15, 0.2) is 0 Å². The largest absolute Gasteiger partial charge is 0.491 e. The Morgan fingerprint density at radius 3 is 2.80 bits per heavy atom. The van der Waals surface area contributed by atoms with Crippen molar-refractivity contribution in [2.75, 3.05) is 20.3 Å². The van der Waals surface area contributed by atoms with E-state index in [1.54, 1.807) is 19.4 Å². The summed E-state index contributed by atoms with van der Waals surface area (Å²) in [5.41, 5.74) is 8.42. The van der Waals surface area contributed by atoms with Crippen LogP contribution in [0.1, 0.15) is 10.4 Å². The molecule has 2 N–H and O–H groups in total. The van der Waals surface area contributed by atoms with Gasteiger partial charge in [-0.25, -0.2) is 0 Å². The first-order valence-corrected chi connectivity index (χ1v) is 8.49. The smallest absolute Gasteiger partial charge is 0.249 e. The fraction of sp³-hybridized carbons (Fsp3) is 0.158. The molecule has 0 bridgehead atoms. The number of rotatable bonds is 6. The molecule has 2 aromatic carbocycles. The molecule has 0 fully saturated rings. The number of carbonyl (C=O) groups excluding carboxylic acids is 1. The number of methoxy groups -OCH3 is 1. The lowest BCUT2D eigenvalue weighted by Gasteiger charge is -2.14. The number of carbonyl (C=O) groups is 1. The van der Waals surface area contributed by atoms with Crippen LogP contribution < -0.4 is 10.5 Å². The first kappa shape index (κ1) is 17.4. The fourth-order valence-corrected chi connectivity index (χ4v) is 3.29. The molecule has 0 aliphatic rings. The van der Waals surface area contributed by atoms with E-state index in [4.69, 9.17) is 15.2 Å². The fourth-order valence-electron chi connectivity index (χ4n) is 2.62. The summed E-state index contributed by atoms with van der Waals surface area (Å²) in [5.74, 6) is 0.0365. The molecule has 0 spiro atoms. The number of hydrogen-bond donors (Lipinski definition) is 1. The zero-order valence-corrected chi connectivity index (χ0v) is 15.2. The van der Waals surface area contributed by atoms with Crippen LogP contribution in [0.15, 0.2) is 53.1 Å². The molecule has 0 unspecified atom stereocenters. The van der Waals surface area contributed by atoms with E-state index in [1.165, 1.54) is 0 Å². The minimum Gasteiger partial charge on any atom is -0.491 e. The van der Waals surface area contributed by atoms with Crippen LogP contribution in [0.4, 0.5) is 0 Å². The van der Waals surface area contributed by atoms with Crippen molar-refractivity contribution < 1.29 is 14.3 Å². The van der Waals surface area contributed by atoms with E-state index in [-0.39, 0.29) is 0 Å². The molecule has 6 heteroatoms. The Bertz CT molecular complexity index is 928. The number of ether oxygens (including phenoxy) is 2. The molecule has 128 valence electrons. The van der Waals surface area contributed by atoms with Crippen molar-refractivity contribution in [2.24, 2.45) is 5.73 Å². The Morgan fingerprint density at radius 2 is 2.04 bits per heavy atom. The van der Waals surface area contributed by atoms with Crippen LogP contribution in [-0.2, 0) is 4.74 Å². The van der Waals surface area contributed by atoms with Crippen LogP contribution in [0.3, 0.4) is 0 Å². The highest BCUT2D eigenvalue weighted by Gasteiger charge is 2.16. The van der Waals surface area contributed by atoms with Gasteiger partial charge in [-0.1, -0.05) is 18.2 Å². The molecular formula is C19H17BrN2O3. The van der Waals surface area contributed by atoms with Gasteiger partial charge in [-0.3, -0.25) is 9.78 Å². The maximum atomic E-state index is 12.0. The number of pyridine rings is 1. The molecule has 3 rings (SSSR count). The summed E-state index contributed by atoms with van der Waals surface area (Å²) in [7, 11) is 1.60. The third kappa shape index (κ3) is 3.81. The molecule has 0 saturated heterocycles. The Balaban J connectivity index is 2.08. The number of nitrogens with two attached hydrogens (primary N) is 1. The van der Waals surface area contributed by atoms with E-state index >= 15 is 0 Å². The number of aromatic nitrogens is 1. The standard InChI is InChI=1S/C19H17BrN2O3/c1-24-7-8-25-14-10-15(19(21)23)18(16(20)11-14)13-5-4-12-3-2-6-22-17(12)9-13/h2-6,9-11H,7-8H2,1H3,(H2,21,23). The monoisotopic (exact) mass is 400 g/mol. The predicted octanol–water partition coefficient (Wildman–Crippen LogP) is 3.79. The second-order valence-electron chi connectivity index (χ2n) is 5.44. The van der Waals surface area contributed by atoms with Gasteiger partial charge in [-0.15, -0.1) is 0 Å². The molecule has 1 aromatic heterocycles. The highest BCUT2D eigenvalue weighted by atomic mass is 79.9. The molecule has 0 aliphatic heterocycles. The molecule has 0 saturated carbocycles.